The number of benzene rings is 2. The van der Waals surface area contributed by atoms with E-state index >= 15 is 0 Å². The molecule has 118 valence electrons. The van der Waals surface area contributed by atoms with Crippen molar-refractivity contribution in [2.24, 2.45) is 0 Å². The molecule has 3 nitrogen and oxygen atoms in total. The van der Waals surface area contributed by atoms with Crippen LogP contribution in [-0.2, 0) is 10.0 Å². The van der Waals surface area contributed by atoms with E-state index in [0.29, 0.717) is 0 Å². The van der Waals surface area contributed by atoms with Gasteiger partial charge in [-0.1, -0.05) is 48.9 Å². The summed E-state index contributed by atoms with van der Waals surface area (Å²) in [5.41, 5.74) is 1.07. The van der Waals surface area contributed by atoms with E-state index < -0.39 is 15.8 Å². The molecule has 0 aromatic heterocycles. The van der Waals surface area contributed by atoms with Crippen LogP contribution in [0.25, 0.3) is 0 Å². The fourth-order valence-corrected chi connectivity index (χ4v) is 3.82. The standard InChI is InChI=1S/C16H17ClFNO2S/c1-2-12(13-6-4-3-5-7-13)11-19-22(20,21)16-9-8-14(18)10-15(16)17/h3-10,12,19H,2,11H2,1H3/t12-/m1/s1. The molecule has 0 saturated heterocycles. The molecule has 0 heterocycles. The Morgan fingerprint density at radius 3 is 2.45 bits per heavy atom. The highest BCUT2D eigenvalue weighted by Gasteiger charge is 2.20. The molecule has 0 aliphatic rings. The average molecular weight is 342 g/mol. The smallest absolute Gasteiger partial charge is 0.210 e. The van der Waals surface area contributed by atoms with Crippen molar-refractivity contribution in [3.63, 3.8) is 0 Å². The van der Waals surface area contributed by atoms with Crippen LogP contribution in [0.5, 0.6) is 0 Å². The van der Waals surface area contributed by atoms with Crippen LogP contribution in [0, 0.1) is 5.82 Å². The molecule has 0 aliphatic carbocycles. The van der Waals surface area contributed by atoms with Gasteiger partial charge in [0.15, 0.2) is 0 Å². The maximum atomic E-state index is 13.0. The second-order valence-electron chi connectivity index (χ2n) is 4.94. The van der Waals surface area contributed by atoms with Crippen molar-refractivity contribution >= 4 is 21.6 Å². The second-order valence-corrected chi connectivity index (χ2v) is 7.09. The van der Waals surface area contributed by atoms with E-state index in [1.54, 1.807) is 0 Å². The Balaban J connectivity index is 2.15. The summed E-state index contributed by atoms with van der Waals surface area (Å²) in [5, 5.41) is -0.125. The molecule has 0 spiro atoms. The van der Waals surface area contributed by atoms with Crippen molar-refractivity contribution in [1.82, 2.24) is 4.72 Å². The van der Waals surface area contributed by atoms with Crippen molar-refractivity contribution in [2.45, 2.75) is 24.2 Å². The lowest BCUT2D eigenvalue weighted by Gasteiger charge is -2.16. The minimum Gasteiger partial charge on any atom is -0.210 e. The molecule has 0 aliphatic heterocycles. The van der Waals surface area contributed by atoms with Crippen molar-refractivity contribution < 1.29 is 12.8 Å². The summed E-state index contributed by atoms with van der Waals surface area (Å²) < 4.78 is 40.2. The highest BCUT2D eigenvalue weighted by molar-refractivity contribution is 7.89. The molecule has 2 aromatic rings. The predicted molar refractivity (Wildman–Crippen MR) is 86.1 cm³/mol. The highest BCUT2D eigenvalue weighted by atomic mass is 35.5. The van der Waals surface area contributed by atoms with E-state index in [2.05, 4.69) is 4.72 Å². The van der Waals surface area contributed by atoms with Gasteiger partial charge in [-0.3, -0.25) is 0 Å². The molecule has 0 fully saturated rings. The van der Waals surface area contributed by atoms with E-state index in [1.807, 2.05) is 37.3 Å². The zero-order valence-corrected chi connectivity index (χ0v) is 13.7. The summed E-state index contributed by atoms with van der Waals surface area (Å²) in [4.78, 5) is -0.113. The number of rotatable bonds is 6. The van der Waals surface area contributed by atoms with Gasteiger partial charge in [-0.2, -0.15) is 0 Å². The summed E-state index contributed by atoms with van der Waals surface area (Å²) >= 11 is 5.82. The molecule has 6 heteroatoms. The largest absolute Gasteiger partial charge is 0.242 e. The lowest BCUT2D eigenvalue weighted by atomic mass is 9.97. The zero-order valence-electron chi connectivity index (χ0n) is 12.1. The van der Waals surface area contributed by atoms with Crippen LogP contribution >= 0.6 is 11.6 Å². The topological polar surface area (TPSA) is 46.2 Å². The molecule has 0 bridgehead atoms. The van der Waals surface area contributed by atoms with E-state index in [4.69, 9.17) is 11.6 Å². The summed E-state index contributed by atoms with van der Waals surface area (Å²) in [7, 11) is -3.77. The first-order valence-electron chi connectivity index (χ1n) is 6.93. The molecule has 2 aromatic carbocycles. The van der Waals surface area contributed by atoms with Crippen LogP contribution in [0.1, 0.15) is 24.8 Å². The van der Waals surface area contributed by atoms with Crippen molar-refractivity contribution in [1.29, 1.82) is 0 Å². The molecular formula is C16H17ClFNO2S. The first-order chi connectivity index (χ1) is 10.4. The van der Waals surface area contributed by atoms with E-state index in [-0.39, 0.29) is 22.4 Å². The molecule has 1 atom stereocenters. The Kier molecular flexibility index (Phi) is 5.56. The minimum atomic E-state index is -3.77. The van der Waals surface area contributed by atoms with Gasteiger partial charge in [0.2, 0.25) is 10.0 Å². The molecule has 0 radical (unpaired) electrons. The Bertz CT molecular complexity index is 735. The number of hydrogen-bond acceptors (Lipinski definition) is 2. The first-order valence-corrected chi connectivity index (χ1v) is 8.80. The molecular weight excluding hydrogens is 325 g/mol. The van der Waals surface area contributed by atoms with Gasteiger partial charge in [0.25, 0.3) is 0 Å². The molecule has 0 unspecified atom stereocenters. The van der Waals surface area contributed by atoms with Crippen molar-refractivity contribution in [3.8, 4) is 0 Å². The maximum Gasteiger partial charge on any atom is 0.242 e. The van der Waals surface area contributed by atoms with Crippen LogP contribution in [-0.4, -0.2) is 15.0 Å². The van der Waals surface area contributed by atoms with Crippen LogP contribution < -0.4 is 4.72 Å². The Labute approximate surface area is 135 Å². The Morgan fingerprint density at radius 1 is 1.18 bits per heavy atom. The average Bonchev–Trinajstić information content (AvgIpc) is 2.48. The Hall–Kier alpha value is -1.43. The third kappa shape index (κ3) is 4.06. The fourth-order valence-electron chi connectivity index (χ4n) is 2.20. The van der Waals surface area contributed by atoms with Crippen LogP contribution in [0.3, 0.4) is 0 Å². The first kappa shape index (κ1) is 16.9. The molecule has 0 saturated carbocycles. The molecule has 22 heavy (non-hydrogen) atoms. The van der Waals surface area contributed by atoms with Gasteiger partial charge in [-0.05, 0) is 36.1 Å². The second kappa shape index (κ2) is 7.22. The molecule has 2 rings (SSSR count). The summed E-state index contributed by atoms with van der Waals surface area (Å²) in [5.74, 6) is -0.505. The van der Waals surface area contributed by atoms with Crippen molar-refractivity contribution in [3.05, 3.63) is 64.9 Å². The number of halogens is 2. The summed E-state index contributed by atoms with van der Waals surface area (Å²) in [6, 6.07) is 12.9. The number of nitrogens with one attached hydrogen (secondary N) is 1. The highest BCUT2D eigenvalue weighted by Crippen LogP contribution is 2.23. The minimum absolute atomic E-state index is 0.0650. The van der Waals surface area contributed by atoms with Gasteiger partial charge in [-0.15, -0.1) is 0 Å². The van der Waals surface area contributed by atoms with E-state index in [0.717, 1.165) is 24.1 Å². The van der Waals surface area contributed by atoms with Gasteiger partial charge in [-0.25, -0.2) is 17.5 Å². The van der Waals surface area contributed by atoms with Gasteiger partial charge in [0.1, 0.15) is 10.7 Å². The van der Waals surface area contributed by atoms with Crippen LogP contribution in [0.15, 0.2) is 53.4 Å². The summed E-state index contributed by atoms with van der Waals surface area (Å²) in [6.45, 7) is 2.26. The molecule has 1 N–H and O–H groups in total. The maximum absolute atomic E-state index is 13.0. The lowest BCUT2D eigenvalue weighted by Crippen LogP contribution is -2.28. The van der Waals surface area contributed by atoms with Crippen molar-refractivity contribution in [2.75, 3.05) is 6.54 Å². The van der Waals surface area contributed by atoms with Gasteiger partial charge in [0.05, 0.1) is 5.02 Å². The monoisotopic (exact) mass is 341 g/mol. The van der Waals surface area contributed by atoms with Gasteiger partial charge >= 0.3 is 0 Å². The SMILES string of the molecule is CC[C@H](CNS(=O)(=O)c1ccc(F)cc1Cl)c1ccccc1. The number of sulfonamides is 1. The predicted octanol–water partition coefficient (Wildman–Crippen LogP) is 3.95. The van der Waals surface area contributed by atoms with Crippen LogP contribution in [0.2, 0.25) is 5.02 Å². The van der Waals surface area contributed by atoms with E-state index in [1.165, 1.54) is 6.07 Å². The molecule has 0 amide bonds. The third-order valence-electron chi connectivity index (χ3n) is 3.47. The zero-order chi connectivity index (χ0) is 16.2. The Morgan fingerprint density at radius 2 is 1.86 bits per heavy atom. The van der Waals surface area contributed by atoms with E-state index in [9.17, 15) is 12.8 Å². The summed E-state index contributed by atoms with van der Waals surface area (Å²) in [6.07, 6.45) is 0.795. The van der Waals surface area contributed by atoms with Gasteiger partial charge in [0, 0.05) is 6.54 Å². The fraction of sp³-hybridized carbons (Fsp3) is 0.250. The quantitative estimate of drug-likeness (QED) is 0.864. The van der Waals surface area contributed by atoms with Crippen LogP contribution in [0.4, 0.5) is 4.39 Å². The third-order valence-corrected chi connectivity index (χ3v) is 5.37. The van der Waals surface area contributed by atoms with Gasteiger partial charge < -0.3 is 0 Å². The lowest BCUT2D eigenvalue weighted by molar-refractivity contribution is 0.565. The number of hydrogen-bond donors (Lipinski definition) is 1. The normalized spacial score (nSPS) is 13.0.